The number of carbonyl (C=O) groups excluding carboxylic acids is 1. The van der Waals surface area contributed by atoms with E-state index in [-0.39, 0.29) is 11.5 Å². The summed E-state index contributed by atoms with van der Waals surface area (Å²) >= 11 is 1.46. The van der Waals surface area contributed by atoms with Crippen molar-refractivity contribution in [2.45, 2.75) is 33.2 Å². The highest BCUT2D eigenvalue weighted by Crippen LogP contribution is 2.25. The average molecular weight is 228 g/mol. The fourth-order valence-corrected chi connectivity index (χ4v) is 2.07. The minimum Gasteiger partial charge on any atom is -0.464 e. The number of anilines is 1. The zero-order valence-electron chi connectivity index (χ0n) is 9.67. The summed E-state index contributed by atoms with van der Waals surface area (Å²) in [7, 11) is 1.36. The Morgan fingerprint density at radius 2 is 2.07 bits per heavy atom. The number of aromatic nitrogens is 1. The van der Waals surface area contributed by atoms with Gasteiger partial charge in [0, 0.05) is 10.4 Å². The van der Waals surface area contributed by atoms with E-state index in [9.17, 15) is 4.79 Å². The molecule has 1 aromatic heterocycles. The van der Waals surface area contributed by atoms with Gasteiger partial charge < -0.3 is 10.1 Å². The standard InChI is InChI=1S/C10H16N2O2S/c1-6-7(8(13)14-5)11-9(15-6)12-10(2,3)4/h1-5H3,(H,11,12). The summed E-state index contributed by atoms with van der Waals surface area (Å²) in [5.41, 5.74) is 0.340. The molecular formula is C10H16N2O2S. The Morgan fingerprint density at radius 3 is 2.53 bits per heavy atom. The fourth-order valence-electron chi connectivity index (χ4n) is 1.06. The van der Waals surface area contributed by atoms with E-state index in [0.717, 1.165) is 10.0 Å². The van der Waals surface area contributed by atoms with Gasteiger partial charge in [0.05, 0.1) is 7.11 Å². The van der Waals surface area contributed by atoms with Crippen LogP contribution in [0.3, 0.4) is 0 Å². The second-order valence-corrected chi connectivity index (χ2v) is 5.49. The summed E-state index contributed by atoms with van der Waals surface area (Å²) in [6, 6.07) is 0. The number of hydrogen-bond donors (Lipinski definition) is 1. The quantitative estimate of drug-likeness (QED) is 0.790. The lowest BCUT2D eigenvalue weighted by Crippen LogP contribution is -2.25. The van der Waals surface area contributed by atoms with Crippen LogP contribution in [0.4, 0.5) is 5.13 Å². The number of esters is 1. The zero-order chi connectivity index (χ0) is 11.6. The molecule has 0 unspecified atom stereocenters. The lowest BCUT2D eigenvalue weighted by Gasteiger charge is -2.19. The third-order valence-corrected chi connectivity index (χ3v) is 2.54. The molecule has 15 heavy (non-hydrogen) atoms. The van der Waals surface area contributed by atoms with Crippen LogP contribution in [0.15, 0.2) is 0 Å². The Bertz CT molecular complexity index is 366. The molecule has 1 heterocycles. The maximum atomic E-state index is 11.3. The van der Waals surface area contributed by atoms with Gasteiger partial charge >= 0.3 is 5.97 Å². The van der Waals surface area contributed by atoms with Crippen molar-refractivity contribution in [1.29, 1.82) is 0 Å². The second-order valence-electron chi connectivity index (χ2n) is 4.29. The van der Waals surface area contributed by atoms with Crippen molar-refractivity contribution in [3.05, 3.63) is 10.6 Å². The molecule has 0 aromatic carbocycles. The molecule has 0 aliphatic heterocycles. The number of nitrogens with one attached hydrogen (secondary N) is 1. The Morgan fingerprint density at radius 1 is 1.47 bits per heavy atom. The number of rotatable bonds is 2. The number of aryl methyl sites for hydroxylation is 1. The van der Waals surface area contributed by atoms with Gasteiger partial charge in [-0.05, 0) is 27.7 Å². The third kappa shape index (κ3) is 3.20. The summed E-state index contributed by atoms with van der Waals surface area (Å²) in [5.74, 6) is -0.384. The number of methoxy groups -OCH3 is 1. The molecule has 0 spiro atoms. The molecule has 1 aromatic rings. The van der Waals surface area contributed by atoms with Crippen molar-refractivity contribution >= 4 is 22.4 Å². The number of ether oxygens (including phenoxy) is 1. The van der Waals surface area contributed by atoms with Gasteiger partial charge in [-0.3, -0.25) is 0 Å². The van der Waals surface area contributed by atoms with Crippen molar-refractivity contribution in [2.24, 2.45) is 0 Å². The average Bonchev–Trinajstić information content (AvgIpc) is 2.42. The topological polar surface area (TPSA) is 51.2 Å². The lowest BCUT2D eigenvalue weighted by molar-refractivity contribution is 0.0594. The number of nitrogens with zero attached hydrogens (tertiary/aromatic N) is 1. The van der Waals surface area contributed by atoms with Gasteiger partial charge in [0.25, 0.3) is 0 Å². The van der Waals surface area contributed by atoms with Gasteiger partial charge in [0.1, 0.15) is 0 Å². The molecule has 0 saturated heterocycles. The second kappa shape index (κ2) is 4.18. The number of thiazole rings is 1. The lowest BCUT2D eigenvalue weighted by atomic mass is 10.1. The molecule has 4 nitrogen and oxygen atoms in total. The first-order chi connectivity index (χ1) is 6.83. The van der Waals surface area contributed by atoms with E-state index in [4.69, 9.17) is 0 Å². The highest BCUT2D eigenvalue weighted by molar-refractivity contribution is 7.15. The van der Waals surface area contributed by atoms with Crippen LogP contribution in [-0.4, -0.2) is 23.6 Å². The minimum absolute atomic E-state index is 0.0579. The highest BCUT2D eigenvalue weighted by atomic mass is 32.1. The molecule has 84 valence electrons. The first kappa shape index (κ1) is 12.0. The van der Waals surface area contributed by atoms with Crippen LogP contribution in [0.25, 0.3) is 0 Å². The third-order valence-electron chi connectivity index (χ3n) is 1.66. The summed E-state index contributed by atoms with van der Waals surface area (Å²) in [4.78, 5) is 16.4. The van der Waals surface area contributed by atoms with Crippen molar-refractivity contribution in [3.8, 4) is 0 Å². The summed E-state index contributed by atoms with van der Waals surface area (Å²) in [5, 5.41) is 3.97. The van der Waals surface area contributed by atoms with Crippen molar-refractivity contribution in [2.75, 3.05) is 12.4 Å². The van der Waals surface area contributed by atoms with Crippen molar-refractivity contribution in [3.63, 3.8) is 0 Å². The van der Waals surface area contributed by atoms with Crippen LogP contribution in [0.1, 0.15) is 36.1 Å². The zero-order valence-corrected chi connectivity index (χ0v) is 10.5. The van der Waals surface area contributed by atoms with E-state index in [1.807, 2.05) is 27.7 Å². The Hall–Kier alpha value is -1.10. The molecular weight excluding hydrogens is 212 g/mol. The van der Waals surface area contributed by atoms with Crippen LogP contribution in [0.2, 0.25) is 0 Å². The predicted molar refractivity (Wildman–Crippen MR) is 61.6 cm³/mol. The maximum absolute atomic E-state index is 11.3. The van der Waals surface area contributed by atoms with E-state index < -0.39 is 0 Å². The number of hydrogen-bond acceptors (Lipinski definition) is 5. The van der Waals surface area contributed by atoms with Gasteiger partial charge in [-0.2, -0.15) is 0 Å². The molecule has 0 aliphatic rings. The number of carbonyl (C=O) groups is 1. The molecule has 1 N–H and O–H groups in total. The van der Waals surface area contributed by atoms with E-state index >= 15 is 0 Å². The molecule has 0 saturated carbocycles. The van der Waals surface area contributed by atoms with Crippen LogP contribution >= 0.6 is 11.3 Å². The van der Waals surface area contributed by atoms with Crippen molar-refractivity contribution in [1.82, 2.24) is 4.98 Å². The molecule has 0 amide bonds. The van der Waals surface area contributed by atoms with Gasteiger partial charge in [-0.25, -0.2) is 9.78 Å². The molecule has 0 atom stereocenters. The monoisotopic (exact) mass is 228 g/mol. The Labute approximate surface area is 93.7 Å². The largest absolute Gasteiger partial charge is 0.464 e. The van der Waals surface area contributed by atoms with Crippen LogP contribution in [0.5, 0.6) is 0 Å². The first-order valence-corrected chi connectivity index (χ1v) is 5.49. The van der Waals surface area contributed by atoms with Crippen LogP contribution in [0, 0.1) is 6.92 Å². The van der Waals surface area contributed by atoms with Gasteiger partial charge in [0.15, 0.2) is 10.8 Å². The fraction of sp³-hybridized carbons (Fsp3) is 0.600. The molecule has 0 radical (unpaired) electrons. The van der Waals surface area contributed by atoms with Gasteiger partial charge in [-0.15, -0.1) is 11.3 Å². The first-order valence-electron chi connectivity index (χ1n) is 4.67. The molecule has 0 fully saturated rings. The molecule has 0 bridgehead atoms. The summed E-state index contributed by atoms with van der Waals surface area (Å²) < 4.78 is 4.64. The van der Waals surface area contributed by atoms with Crippen LogP contribution < -0.4 is 5.32 Å². The highest BCUT2D eigenvalue weighted by Gasteiger charge is 2.18. The molecule has 1 rings (SSSR count). The van der Waals surface area contributed by atoms with Gasteiger partial charge in [-0.1, -0.05) is 0 Å². The summed E-state index contributed by atoms with van der Waals surface area (Å²) in [6.45, 7) is 7.99. The van der Waals surface area contributed by atoms with Crippen molar-refractivity contribution < 1.29 is 9.53 Å². The SMILES string of the molecule is COC(=O)c1nc(NC(C)(C)C)sc1C. The van der Waals surface area contributed by atoms with E-state index in [1.165, 1.54) is 18.4 Å². The minimum atomic E-state index is -0.384. The normalized spacial score (nSPS) is 11.3. The Kier molecular flexibility index (Phi) is 3.34. The van der Waals surface area contributed by atoms with Gasteiger partial charge in [0.2, 0.25) is 0 Å². The smallest absolute Gasteiger partial charge is 0.357 e. The Balaban J connectivity index is 2.91. The molecule has 0 aliphatic carbocycles. The van der Waals surface area contributed by atoms with E-state index in [1.54, 1.807) is 0 Å². The molecule has 5 heteroatoms. The van der Waals surface area contributed by atoms with E-state index in [0.29, 0.717) is 5.69 Å². The maximum Gasteiger partial charge on any atom is 0.357 e. The predicted octanol–water partition coefficient (Wildman–Crippen LogP) is 2.45. The van der Waals surface area contributed by atoms with Crippen LogP contribution in [-0.2, 0) is 4.74 Å². The summed E-state index contributed by atoms with van der Waals surface area (Å²) in [6.07, 6.45) is 0. The van der Waals surface area contributed by atoms with E-state index in [2.05, 4.69) is 15.0 Å².